The summed E-state index contributed by atoms with van der Waals surface area (Å²) in [4.78, 5) is 10.4. The van der Waals surface area contributed by atoms with E-state index in [9.17, 15) is 22.9 Å². The van der Waals surface area contributed by atoms with Crippen molar-refractivity contribution in [1.29, 1.82) is 0 Å². The molecule has 0 heterocycles. The molecule has 0 amide bonds. The Hall–Kier alpha value is -2.56. The zero-order valence-corrected chi connectivity index (χ0v) is 16.7. The SMILES string of the molecule is CCN(CC)S(=O)(=O)c1ccc(N/N=C/c2c(F)cccc2Cl)c([N+](=O)[O-])c1. The van der Waals surface area contributed by atoms with Crippen LogP contribution in [0.1, 0.15) is 19.4 Å². The number of rotatable bonds is 8. The minimum Gasteiger partial charge on any atom is -0.272 e. The van der Waals surface area contributed by atoms with Crippen LogP contribution in [0.15, 0.2) is 46.4 Å². The molecule has 0 aliphatic rings. The van der Waals surface area contributed by atoms with Crippen LogP contribution in [0.5, 0.6) is 0 Å². The number of nitrogens with one attached hydrogen (secondary N) is 1. The smallest absolute Gasteiger partial charge is 0.272 e. The monoisotopic (exact) mass is 428 g/mol. The molecule has 2 aromatic rings. The van der Waals surface area contributed by atoms with Gasteiger partial charge in [0.25, 0.3) is 5.69 Å². The van der Waals surface area contributed by atoms with Gasteiger partial charge in [-0.05, 0) is 24.3 Å². The van der Waals surface area contributed by atoms with Gasteiger partial charge in [0, 0.05) is 24.7 Å². The van der Waals surface area contributed by atoms with Crippen molar-refractivity contribution in [3.8, 4) is 0 Å². The Bertz CT molecular complexity index is 990. The molecule has 0 aliphatic heterocycles. The Balaban J connectivity index is 2.36. The lowest BCUT2D eigenvalue weighted by molar-refractivity contribution is -0.384. The molecular weight excluding hydrogens is 411 g/mol. The van der Waals surface area contributed by atoms with Gasteiger partial charge in [-0.3, -0.25) is 15.5 Å². The van der Waals surface area contributed by atoms with Gasteiger partial charge in [-0.1, -0.05) is 31.5 Å². The van der Waals surface area contributed by atoms with E-state index in [1.165, 1.54) is 34.6 Å². The third-order valence-corrected chi connectivity index (χ3v) is 6.26. The summed E-state index contributed by atoms with van der Waals surface area (Å²) in [5.74, 6) is -0.604. The normalized spacial score (nSPS) is 11.9. The predicted molar refractivity (Wildman–Crippen MR) is 106 cm³/mol. The lowest BCUT2D eigenvalue weighted by Crippen LogP contribution is -2.30. The number of nitro groups is 1. The van der Waals surface area contributed by atoms with Crippen molar-refractivity contribution in [3.05, 3.63) is 62.9 Å². The van der Waals surface area contributed by atoms with Gasteiger partial charge >= 0.3 is 0 Å². The average Bonchev–Trinajstić information content (AvgIpc) is 2.64. The summed E-state index contributed by atoms with van der Waals surface area (Å²) in [6.07, 6.45) is 1.09. The maximum Gasteiger partial charge on any atom is 0.295 e. The van der Waals surface area contributed by atoms with E-state index in [2.05, 4.69) is 10.5 Å². The van der Waals surface area contributed by atoms with Crippen molar-refractivity contribution < 1.29 is 17.7 Å². The first-order chi connectivity index (χ1) is 13.2. The molecule has 0 atom stereocenters. The Morgan fingerprint density at radius 1 is 1.29 bits per heavy atom. The molecule has 8 nitrogen and oxygen atoms in total. The van der Waals surface area contributed by atoms with Gasteiger partial charge in [-0.15, -0.1) is 0 Å². The molecule has 2 aromatic carbocycles. The Morgan fingerprint density at radius 3 is 2.54 bits per heavy atom. The summed E-state index contributed by atoms with van der Waals surface area (Å²) in [7, 11) is -3.85. The van der Waals surface area contributed by atoms with Gasteiger partial charge < -0.3 is 0 Å². The molecular formula is C17H18ClFN4O4S. The maximum atomic E-state index is 13.7. The summed E-state index contributed by atoms with van der Waals surface area (Å²) in [6.45, 7) is 3.82. The highest BCUT2D eigenvalue weighted by Gasteiger charge is 2.25. The van der Waals surface area contributed by atoms with E-state index in [0.29, 0.717) is 0 Å². The summed E-state index contributed by atoms with van der Waals surface area (Å²) in [5.41, 5.74) is 1.91. The van der Waals surface area contributed by atoms with Gasteiger partial charge in [0.1, 0.15) is 11.5 Å². The van der Waals surface area contributed by atoms with Crippen LogP contribution in [-0.4, -0.2) is 37.0 Å². The average molecular weight is 429 g/mol. The molecule has 0 aliphatic carbocycles. The number of sulfonamides is 1. The zero-order chi connectivity index (χ0) is 20.9. The van der Waals surface area contributed by atoms with Crippen LogP contribution >= 0.6 is 11.6 Å². The van der Waals surface area contributed by atoms with Crippen molar-refractivity contribution in [2.24, 2.45) is 5.10 Å². The lowest BCUT2D eigenvalue weighted by Gasteiger charge is -2.18. The first-order valence-corrected chi connectivity index (χ1v) is 10.1. The minimum absolute atomic E-state index is 0.0139. The van der Waals surface area contributed by atoms with Crippen molar-refractivity contribution in [2.45, 2.75) is 18.7 Å². The molecule has 0 aromatic heterocycles. The Morgan fingerprint density at radius 2 is 1.96 bits per heavy atom. The molecule has 28 heavy (non-hydrogen) atoms. The molecule has 150 valence electrons. The number of hydrazone groups is 1. The molecule has 11 heteroatoms. The maximum absolute atomic E-state index is 13.7. The van der Waals surface area contributed by atoms with Crippen molar-refractivity contribution in [3.63, 3.8) is 0 Å². The Labute approximate surface area is 166 Å². The number of anilines is 1. The molecule has 0 unspecified atom stereocenters. The number of nitro benzene ring substituents is 1. The summed E-state index contributed by atoms with van der Waals surface area (Å²) >= 11 is 5.88. The molecule has 0 bridgehead atoms. The molecule has 2 rings (SSSR count). The second kappa shape index (κ2) is 9.09. The van der Waals surface area contributed by atoms with Crippen LogP contribution in [0.2, 0.25) is 5.02 Å². The Kier molecular flexibility index (Phi) is 7.05. The molecule has 0 saturated carbocycles. The number of halogens is 2. The largest absolute Gasteiger partial charge is 0.295 e. The van der Waals surface area contributed by atoms with Crippen molar-refractivity contribution in [2.75, 3.05) is 18.5 Å². The first-order valence-electron chi connectivity index (χ1n) is 8.24. The fourth-order valence-electron chi connectivity index (χ4n) is 2.43. The predicted octanol–water partition coefficient (Wildman–Crippen LogP) is 3.86. The molecule has 0 fully saturated rings. The van der Waals surface area contributed by atoms with Crippen LogP contribution in [0.25, 0.3) is 0 Å². The molecule has 0 saturated heterocycles. The highest BCUT2D eigenvalue weighted by Crippen LogP contribution is 2.29. The van der Waals surface area contributed by atoms with E-state index in [0.717, 1.165) is 12.3 Å². The standard InChI is InChI=1S/C17H18ClFN4O4S/c1-3-22(4-2)28(26,27)12-8-9-16(17(10-12)23(24)25)21-20-11-13-14(18)6-5-7-15(13)19/h5-11,21H,3-4H2,1-2H3/b20-11+. The van der Waals surface area contributed by atoms with Gasteiger partial charge in [0.05, 0.1) is 21.1 Å². The zero-order valence-electron chi connectivity index (χ0n) is 15.1. The fraction of sp³-hybridized carbons (Fsp3) is 0.235. The van der Waals surface area contributed by atoms with E-state index in [4.69, 9.17) is 11.6 Å². The van der Waals surface area contributed by atoms with Gasteiger partial charge in [0.15, 0.2) is 0 Å². The van der Waals surface area contributed by atoms with Crippen LogP contribution in [0.4, 0.5) is 15.8 Å². The van der Waals surface area contributed by atoms with E-state index in [1.54, 1.807) is 13.8 Å². The molecule has 0 radical (unpaired) electrons. The molecule has 1 N–H and O–H groups in total. The van der Waals surface area contributed by atoms with Crippen LogP contribution in [-0.2, 0) is 10.0 Å². The van der Waals surface area contributed by atoms with Crippen LogP contribution in [0, 0.1) is 15.9 Å². The summed E-state index contributed by atoms with van der Waals surface area (Å²) < 4.78 is 40.0. The number of hydrogen-bond donors (Lipinski definition) is 1. The highest BCUT2D eigenvalue weighted by atomic mass is 35.5. The van der Waals surface area contributed by atoms with Crippen molar-refractivity contribution in [1.82, 2.24) is 4.31 Å². The van der Waals surface area contributed by atoms with Gasteiger partial charge in [-0.2, -0.15) is 9.41 Å². The second-order valence-corrected chi connectivity index (χ2v) is 7.88. The van der Waals surface area contributed by atoms with E-state index in [-0.39, 0.29) is 34.3 Å². The van der Waals surface area contributed by atoms with Crippen LogP contribution in [0.3, 0.4) is 0 Å². The van der Waals surface area contributed by atoms with E-state index >= 15 is 0 Å². The minimum atomic E-state index is -3.85. The van der Waals surface area contributed by atoms with E-state index in [1.807, 2.05) is 0 Å². The van der Waals surface area contributed by atoms with Gasteiger partial charge in [-0.25, -0.2) is 12.8 Å². The van der Waals surface area contributed by atoms with Gasteiger partial charge in [0.2, 0.25) is 10.0 Å². The fourth-order valence-corrected chi connectivity index (χ4v) is 4.12. The summed E-state index contributed by atoms with van der Waals surface area (Å²) in [5, 5.41) is 15.3. The second-order valence-electron chi connectivity index (χ2n) is 5.53. The topological polar surface area (TPSA) is 105 Å². The number of hydrogen-bond acceptors (Lipinski definition) is 6. The third-order valence-electron chi connectivity index (χ3n) is 3.89. The van der Waals surface area contributed by atoms with Crippen LogP contribution < -0.4 is 5.43 Å². The van der Waals surface area contributed by atoms with E-state index < -0.39 is 26.5 Å². The quantitative estimate of drug-likeness (QED) is 0.390. The number of nitrogens with zero attached hydrogens (tertiary/aromatic N) is 3. The van der Waals surface area contributed by atoms with Crippen molar-refractivity contribution >= 4 is 39.2 Å². The summed E-state index contributed by atoms with van der Waals surface area (Å²) in [6, 6.07) is 7.54. The third kappa shape index (κ3) is 4.64. The highest BCUT2D eigenvalue weighted by molar-refractivity contribution is 7.89. The lowest BCUT2D eigenvalue weighted by atomic mass is 10.2. The number of benzene rings is 2. The first kappa shape index (κ1) is 21.7. The molecule has 0 spiro atoms.